The topological polar surface area (TPSA) is 112 Å². The van der Waals surface area contributed by atoms with Crippen molar-refractivity contribution in [3.63, 3.8) is 0 Å². The van der Waals surface area contributed by atoms with Gasteiger partial charge in [-0.2, -0.15) is 18.6 Å². The first-order chi connectivity index (χ1) is 9.48. The summed E-state index contributed by atoms with van der Waals surface area (Å²) in [6.45, 7) is 0. The van der Waals surface area contributed by atoms with Gasteiger partial charge in [0.05, 0.1) is 0 Å². The molecule has 1 aromatic heterocycles. The van der Waals surface area contributed by atoms with Crippen LogP contribution >= 0.6 is 0 Å². The van der Waals surface area contributed by atoms with Gasteiger partial charge in [-0.3, -0.25) is 4.55 Å². The van der Waals surface area contributed by atoms with Crippen molar-refractivity contribution in [2.24, 2.45) is 10.2 Å². The Balaban J connectivity index is 0.000000147. The van der Waals surface area contributed by atoms with Crippen molar-refractivity contribution >= 4 is 10.1 Å². The number of benzene rings is 1. The van der Waals surface area contributed by atoms with Crippen LogP contribution in [-0.2, 0) is 10.1 Å². The van der Waals surface area contributed by atoms with Crippen LogP contribution < -0.4 is 0 Å². The Morgan fingerprint density at radius 2 is 1.65 bits per heavy atom. The van der Waals surface area contributed by atoms with Crippen LogP contribution in [0.4, 0.5) is 0 Å². The molecule has 0 radical (unpaired) electrons. The van der Waals surface area contributed by atoms with Crippen molar-refractivity contribution in [1.29, 1.82) is 0 Å². The van der Waals surface area contributed by atoms with Crippen molar-refractivity contribution < 1.29 is 18.1 Å². The largest absolute Gasteiger partial charge is 0.508 e. The molecule has 8 heteroatoms. The second-order valence-corrected chi connectivity index (χ2v) is 5.17. The molecule has 1 aliphatic heterocycles. The van der Waals surface area contributed by atoms with Gasteiger partial charge in [0.25, 0.3) is 0 Å². The third kappa shape index (κ3) is 3.84. The summed E-state index contributed by atoms with van der Waals surface area (Å²) in [5.74, 6) is 0.275. The zero-order chi connectivity index (χ0) is 14.6. The molecule has 0 bridgehead atoms. The van der Waals surface area contributed by atoms with Crippen LogP contribution in [0.1, 0.15) is 11.7 Å². The van der Waals surface area contributed by atoms with Gasteiger partial charge >= 0.3 is 10.1 Å². The zero-order valence-corrected chi connectivity index (χ0v) is 11.0. The summed E-state index contributed by atoms with van der Waals surface area (Å²) in [5, 5.41) is 16.3. The molecule has 104 valence electrons. The van der Waals surface area contributed by atoms with Crippen LogP contribution in [0.2, 0.25) is 0 Å². The highest BCUT2D eigenvalue weighted by Crippen LogP contribution is 2.35. The first-order valence-corrected chi connectivity index (χ1v) is 6.99. The van der Waals surface area contributed by atoms with Gasteiger partial charge in [0, 0.05) is 11.8 Å². The standard InChI is InChI=1S/C7H6N2O.C5H5NO3S/c10-6-4-2-1-3-5(6)7-8-9-7;7-10(8,9)5-3-1-2-4-6-5/h1-4,7,10H;1-4H,(H,7,8,9). The Hall–Kier alpha value is -2.32. The van der Waals surface area contributed by atoms with E-state index in [1.165, 1.54) is 18.3 Å². The van der Waals surface area contributed by atoms with Gasteiger partial charge in [-0.25, -0.2) is 4.98 Å². The molecule has 0 atom stereocenters. The van der Waals surface area contributed by atoms with Crippen LogP contribution in [-0.4, -0.2) is 23.1 Å². The van der Waals surface area contributed by atoms with E-state index in [0.717, 1.165) is 5.56 Å². The molecule has 2 heterocycles. The molecule has 3 rings (SSSR count). The van der Waals surface area contributed by atoms with Gasteiger partial charge in [-0.05, 0) is 18.2 Å². The van der Waals surface area contributed by atoms with Gasteiger partial charge in [0.1, 0.15) is 5.75 Å². The lowest BCUT2D eigenvalue weighted by Crippen LogP contribution is -1.99. The first kappa shape index (κ1) is 14.1. The monoisotopic (exact) mass is 293 g/mol. The number of rotatable bonds is 2. The summed E-state index contributed by atoms with van der Waals surface area (Å²) in [6, 6.07) is 11.4. The number of phenolic OH excluding ortho intramolecular Hbond substituents is 1. The summed E-state index contributed by atoms with van der Waals surface area (Å²) in [4.78, 5) is 3.41. The molecule has 0 saturated carbocycles. The minimum Gasteiger partial charge on any atom is -0.508 e. The molecular formula is C12H11N3O4S. The maximum atomic E-state index is 10.3. The molecule has 1 aliphatic rings. The molecule has 2 N–H and O–H groups in total. The van der Waals surface area contributed by atoms with Crippen LogP contribution in [0.5, 0.6) is 5.75 Å². The molecule has 0 aliphatic carbocycles. The quantitative estimate of drug-likeness (QED) is 0.824. The number of nitrogens with zero attached hydrogens (tertiary/aromatic N) is 3. The highest BCUT2D eigenvalue weighted by atomic mass is 32.2. The van der Waals surface area contributed by atoms with E-state index in [9.17, 15) is 13.5 Å². The predicted octanol–water partition coefficient (Wildman–Crippen LogP) is 2.18. The Kier molecular flexibility index (Phi) is 4.06. The Morgan fingerprint density at radius 1 is 1.00 bits per heavy atom. The third-order valence-corrected chi connectivity index (χ3v) is 3.12. The number of para-hydroxylation sites is 1. The van der Waals surface area contributed by atoms with E-state index in [-0.39, 0.29) is 16.9 Å². The van der Waals surface area contributed by atoms with Crippen molar-refractivity contribution in [1.82, 2.24) is 4.98 Å². The first-order valence-electron chi connectivity index (χ1n) is 5.55. The molecule has 0 spiro atoms. The van der Waals surface area contributed by atoms with Crippen LogP contribution in [0.25, 0.3) is 0 Å². The lowest BCUT2D eigenvalue weighted by atomic mass is 10.2. The SMILES string of the molecule is O=S(=O)(O)c1ccccn1.Oc1ccccc1C1N=N1. The molecule has 0 amide bonds. The van der Waals surface area contributed by atoms with Gasteiger partial charge in [-0.1, -0.05) is 24.3 Å². The van der Waals surface area contributed by atoms with Crippen molar-refractivity contribution in [2.45, 2.75) is 11.2 Å². The normalized spacial score (nSPS) is 13.4. The second-order valence-electron chi connectivity index (χ2n) is 3.81. The van der Waals surface area contributed by atoms with Crippen molar-refractivity contribution in [3.8, 4) is 5.75 Å². The van der Waals surface area contributed by atoms with E-state index in [0.29, 0.717) is 0 Å². The minimum absolute atomic E-state index is 0.0961. The molecule has 0 saturated heterocycles. The Morgan fingerprint density at radius 3 is 2.10 bits per heavy atom. The van der Waals surface area contributed by atoms with Gasteiger partial charge in [0.15, 0.2) is 5.03 Å². The molecule has 0 unspecified atom stereocenters. The van der Waals surface area contributed by atoms with Gasteiger partial charge in [-0.15, -0.1) is 0 Å². The van der Waals surface area contributed by atoms with Crippen LogP contribution in [0, 0.1) is 0 Å². The smallest absolute Gasteiger partial charge is 0.312 e. The highest BCUT2D eigenvalue weighted by Gasteiger charge is 2.20. The lowest BCUT2D eigenvalue weighted by molar-refractivity contribution is 0.467. The minimum atomic E-state index is -4.11. The van der Waals surface area contributed by atoms with Crippen molar-refractivity contribution in [3.05, 3.63) is 54.2 Å². The maximum absolute atomic E-state index is 10.3. The number of pyridine rings is 1. The number of aromatic nitrogens is 1. The molecule has 0 fully saturated rings. The molecule has 7 nitrogen and oxygen atoms in total. The fourth-order valence-electron chi connectivity index (χ4n) is 1.36. The third-order valence-electron chi connectivity index (χ3n) is 2.35. The zero-order valence-electron chi connectivity index (χ0n) is 10.2. The van der Waals surface area contributed by atoms with E-state index in [1.807, 2.05) is 12.1 Å². The highest BCUT2D eigenvalue weighted by molar-refractivity contribution is 7.85. The molecule has 20 heavy (non-hydrogen) atoms. The summed E-state index contributed by atoms with van der Waals surface area (Å²) in [7, 11) is -4.11. The average molecular weight is 293 g/mol. The summed E-state index contributed by atoms with van der Waals surface area (Å²) < 4.78 is 29.1. The van der Waals surface area contributed by atoms with Crippen LogP contribution in [0.15, 0.2) is 63.9 Å². The summed E-state index contributed by atoms with van der Waals surface area (Å²) >= 11 is 0. The van der Waals surface area contributed by atoms with Crippen molar-refractivity contribution in [2.75, 3.05) is 0 Å². The number of hydrogen-bond acceptors (Lipinski definition) is 6. The summed E-state index contributed by atoms with van der Waals surface area (Å²) in [6.07, 6.45) is 1.20. The number of hydrogen-bond donors (Lipinski definition) is 2. The van der Waals surface area contributed by atoms with Gasteiger partial charge in [0.2, 0.25) is 6.17 Å². The molecule has 2 aromatic rings. The van der Waals surface area contributed by atoms with Crippen LogP contribution in [0.3, 0.4) is 0 Å². The van der Waals surface area contributed by atoms with E-state index in [2.05, 4.69) is 15.2 Å². The fraction of sp³-hybridized carbons (Fsp3) is 0.0833. The Bertz CT molecular complexity index is 710. The van der Waals surface area contributed by atoms with E-state index >= 15 is 0 Å². The predicted molar refractivity (Wildman–Crippen MR) is 69.8 cm³/mol. The molecular weight excluding hydrogens is 282 g/mol. The second kappa shape index (κ2) is 5.76. The van der Waals surface area contributed by atoms with Gasteiger partial charge < -0.3 is 5.11 Å². The lowest BCUT2D eigenvalue weighted by Gasteiger charge is -1.96. The van der Waals surface area contributed by atoms with E-state index in [1.54, 1.807) is 18.2 Å². The fourth-order valence-corrected chi connectivity index (χ4v) is 1.81. The maximum Gasteiger partial charge on any atom is 0.312 e. The number of phenols is 1. The summed E-state index contributed by atoms with van der Waals surface area (Å²) in [5.41, 5.74) is 0.794. The average Bonchev–Trinajstić information content (AvgIpc) is 3.25. The Labute approximate surface area is 115 Å². The number of aromatic hydroxyl groups is 1. The molecule has 1 aromatic carbocycles. The van der Waals surface area contributed by atoms with E-state index in [4.69, 9.17) is 4.55 Å². The van der Waals surface area contributed by atoms with E-state index < -0.39 is 10.1 Å².